The van der Waals surface area contributed by atoms with Gasteiger partial charge in [-0.2, -0.15) is 0 Å². The van der Waals surface area contributed by atoms with Crippen LogP contribution in [0.15, 0.2) is 53.6 Å². The zero-order valence-corrected chi connectivity index (χ0v) is 13.5. The largest absolute Gasteiger partial charge is 0.508 e. The molecule has 0 aliphatic carbocycles. The molecule has 0 unspecified atom stereocenters. The maximum Gasteiger partial charge on any atom is 0.176 e. The van der Waals surface area contributed by atoms with Crippen LogP contribution in [0.2, 0.25) is 0 Å². The number of pyridine rings is 1. The van der Waals surface area contributed by atoms with Crippen molar-refractivity contribution in [3.8, 4) is 16.9 Å². The highest BCUT2D eigenvalue weighted by molar-refractivity contribution is 7.90. The smallest absolute Gasteiger partial charge is 0.176 e. The van der Waals surface area contributed by atoms with E-state index in [1.165, 1.54) is 25.1 Å². The van der Waals surface area contributed by atoms with E-state index in [4.69, 9.17) is 0 Å². The van der Waals surface area contributed by atoms with Gasteiger partial charge in [-0.3, -0.25) is 4.79 Å². The lowest BCUT2D eigenvalue weighted by Gasteiger charge is -2.07. The van der Waals surface area contributed by atoms with Crippen molar-refractivity contribution in [3.05, 3.63) is 54.4 Å². The molecular weight excluding hydrogens is 314 g/mol. The summed E-state index contributed by atoms with van der Waals surface area (Å²) in [4.78, 5) is 12.1. The molecule has 3 aromatic rings. The van der Waals surface area contributed by atoms with Gasteiger partial charge in [-0.25, -0.2) is 8.42 Å². The van der Waals surface area contributed by atoms with Crippen LogP contribution in [0.1, 0.15) is 17.4 Å². The van der Waals surface area contributed by atoms with Gasteiger partial charge in [-0.05, 0) is 18.2 Å². The zero-order chi connectivity index (χ0) is 16.8. The van der Waals surface area contributed by atoms with Crippen molar-refractivity contribution in [2.45, 2.75) is 11.8 Å². The number of carbonyl (C=O) groups excluding carboxylic acids is 1. The van der Waals surface area contributed by atoms with E-state index < -0.39 is 9.84 Å². The Hall–Kier alpha value is -2.60. The fourth-order valence-corrected chi connectivity index (χ4v) is 3.59. The number of benzene rings is 1. The molecule has 0 radical (unpaired) electrons. The van der Waals surface area contributed by atoms with Gasteiger partial charge in [-0.1, -0.05) is 18.2 Å². The Balaban J connectivity index is 2.43. The van der Waals surface area contributed by atoms with E-state index in [2.05, 4.69) is 0 Å². The number of Topliss-reactive ketones (excluding diaryl/α,β-unsaturated/α-hetero) is 1. The van der Waals surface area contributed by atoms with Crippen molar-refractivity contribution in [3.63, 3.8) is 0 Å². The van der Waals surface area contributed by atoms with E-state index in [-0.39, 0.29) is 16.4 Å². The van der Waals surface area contributed by atoms with E-state index in [1.54, 1.807) is 34.9 Å². The summed E-state index contributed by atoms with van der Waals surface area (Å²) >= 11 is 0. The highest BCUT2D eigenvalue weighted by atomic mass is 32.2. The van der Waals surface area contributed by atoms with Gasteiger partial charge in [0.05, 0.1) is 16.1 Å². The minimum atomic E-state index is -3.43. The number of aromatic hydroxyl groups is 1. The molecule has 23 heavy (non-hydrogen) atoms. The summed E-state index contributed by atoms with van der Waals surface area (Å²) < 4.78 is 25.7. The van der Waals surface area contributed by atoms with Gasteiger partial charge in [0.15, 0.2) is 15.6 Å². The molecule has 3 rings (SSSR count). The Morgan fingerprint density at radius 3 is 2.43 bits per heavy atom. The van der Waals surface area contributed by atoms with Gasteiger partial charge < -0.3 is 9.51 Å². The monoisotopic (exact) mass is 329 g/mol. The van der Waals surface area contributed by atoms with Crippen molar-refractivity contribution in [1.82, 2.24) is 4.40 Å². The number of aromatic nitrogens is 1. The van der Waals surface area contributed by atoms with Gasteiger partial charge in [0.2, 0.25) is 0 Å². The van der Waals surface area contributed by atoms with Crippen LogP contribution in [0.25, 0.3) is 16.6 Å². The second-order valence-corrected chi connectivity index (χ2v) is 7.39. The van der Waals surface area contributed by atoms with Crippen molar-refractivity contribution in [2.75, 3.05) is 6.26 Å². The van der Waals surface area contributed by atoms with E-state index in [0.717, 1.165) is 6.26 Å². The lowest BCUT2D eigenvalue weighted by Crippen LogP contribution is -1.99. The van der Waals surface area contributed by atoms with Crippen LogP contribution in [-0.2, 0) is 9.84 Å². The molecule has 0 spiro atoms. The molecule has 0 atom stereocenters. The molecule has 5 nitrogen and oxygen atoms in total. The highest BCUT2D eigenvalue weighted by Crippen LogP contribution is 2.34. The number of fused-ring (bicyclic) bond motifs is 1. The van der Waals surface area contributed by atoms with Gasteiger partial charge in [0.1, 0.15) is 5.75 Å². The Bertz CT molecular complexity index is 1030. The summed E-state index contributed by atoms with van der Waals surface area (Å²) in [6.07, 6.45) is 2.74. The maximum atomic E-state index is 12.0. The molecule has 0 amide bonds. The summed E-state index contributed by atoms with van der Waals surface area (Å²) in [6.45, 7) is 1.45. The normalized spacial score (nSPS) is 11.7. The van der Waals surface area contributed by atoms with E-state index >= 15 is 0 Å². The standard InChI is InChI=1S/C17H15NO4S/c1-11(19)15-10-14(16-9-12(20)7-8-18(15)16)13-5-3-4-6-17(13)23(2,21)22/h3-10,20H,1-2H3. The molecule has 1 N–H and O–H groups in total. The van der Waals surface area contributed by atoms with Crippen molar-refractivity contribution in [2.24, 2.45) is 0 Å². The van der Waals surface area contributed by atoms with Gasteiger partial charge in [0, 0.05) is 36.6 Å². The predicted octanol–water partition coefficient (Wildman–Crippen LogP) is 2.92. The lowest BCUT2D eigenvalue weighted by molar-refractivity contribution is 0.101. The average molecular weight is 329 g/mol. The zero-order valence-electron chi connectivity index (χ0n) is 12.6. The Morgan fingerprint density at radius 1 is 1.09 bits per heavy atom. The molecule has 0 fully saturated rings. The molecule has 118 valence electrons. The Morgan fingerprint density at radius 2 is 1.78 bits per heavy atom. The average Bonchev–Trinajstić information content (AvgIpc) is 2.85. The molecule has 2 aromatic heterocycles. The molecule has 0 aliphatic rings. The van der Waals surface area contributed by atoms with Crippen molar-refractivity contribution in [1.29, 1.82) is 0 Å². The quantitative estimate of drug-likeness (QED) is 0.750. The molecule has 2 heterocycles. The fraction of sp³-hybridized carbons (Fsp3) is 0.118. The highest BCUT2D eigenvalue weighted by Gasteiger charge is 2.19. The van der Waals surface area contributed by atoms with E-state index in [1.807, 2.05) is 0 Å². The molecule has 0 saturated carbocycles. The third-order valence-electron chi connectivity index (χ3n) is 3.69. The van der Waals surface area contributed by atoms with E-state index in [9.17, 15) is 18.3 Å². The first-order valence-corrected chi connectivity index (χ1v) is 8.82. The van der Waals surface area contributed by atoms with Crippen molar-refractivity contribution >= 4 is 21.1 Å². The number of rotatable bonds is 3. The summed E-state index contributed by atoms with van der Waals surface area (Å²) in [5.74, 6) is -0.0995. The molecule has 1 aromatic carbocycles. The van der Waals surface area contributed by atoms with Crippen LogP contribution in [0.3, 0.4) is 0 Å². The number of sulfone groups is 1. The third-order valence-corrected chi connectivity index (χ3v) is 4.85. The second kappa shape index (κ2) is 5.24. The van der Waals surface area contributed by atoms with Crippen LogP contribution < -0.4 is 0 Å². The Kier molecular flexibility index (Phi) is 3.49. The Labute approximate surface area is 133 Å². The molecule has 0 aliphatic heterocycles. The third kappa shape index (κ3) is 2.61. The van der Waals surface area contributed by atoms with Crippen LogP contribution in [-0.4, -0.2) is 30.0 Å². The topological polar surface area (TPSA) is 75.8 Å². The first-order valence-electron chi connectivity index (χ1n) is 6.93. The van der Waals surface area contributed by atoms with Crippen LogP contribution >= 0.6 is 0 Å². The minimum Gasteiger partial charge on any atom is -0.508 e. The number of nitrogens with zero attached hydrogens (tertiary/aromatic N) is 1. The van der Waals surface area contributed by atoms with E-state index in [0.29, 0.717) is 22.3 Å². The number of ketones is 1. The van der Waals surface area contributed by atoms with Crippen molar-refractivity contribution < 1.29 is 18.3 Å². The first-order chi connectivity index (χ1) is 10.8. The molecular formula is C17H15NO4S. The molecule has 6 heteroatoms. The lowest BCUT2D eigenvalue weighted by atomic mass is 10.1. The number of carbonyl (C=O) groups is 1. The number of hydrogen-bond acceptors (Lipinski definition) is 4. The van der Waals surface area contributed by atoms with Crippen LogP contribution in [0.5, 0.6) is 5.75 Å². The summed E-state index contributed by atoms with van der Waals surface area (Å²) in [7, 11) is -3.43. The fourth-order valence-electron chi connectivity index (χ4n) is 2.69. The molecule has 0 saturated heterocycles. The van der Waals surface area contributed by atoms with Gasteiger partial charge in [-0.15, -0.1) is 0 Å². The van der Waals surface area contributed by atoms with Gasteiger partial charge >= 0.3 is 0 Å². The first kappa shape index (κ1) is 15.3. The predicted molar refractivity (Wildman–Crippen MR) is 87.6 cm³/mol. The van der Waals surface area contributed by atoms with Crippen LogP contribution in [0.4, 0.5) is 0 Å². The number of hydrogen-bond donors (Lipinski definition) is 1. The summed E-state index contributed by atoms with van der Waals surface area (Å²) in [5, 5.41) is 9.76. The maximum absolute atomic E-state index is 12.0. The van der Waals surface area contributed by atoms with Crippen LogP contribution in [0, 0.1) is 0 Å². The molecule has 0 bridgehead atoms. The second-order valence-electron chi connectivity index (χ2n) is 5.41. The summed E-state index contributed by atoms with van der Waals surface area (Å²) in [5.41, 5.74) is 2.10. The minimum absolute atomic E-state index is 0.0452. The summed E-state index contributed by atoms with van der Waals surface area (Å²) in [6, 6.07) is 11.3. The van der Waals surface area contributed by atoms with Gasteiger partial charge in [0.25, 0.3) is 0 Å². The SMILES string of the molecule is CC(=O)c1cc(-c2ccccc2S(C)(=O)=O)c2cc(O)ccn12.